The van der Waals surface area contributed by atoms with Crippen molar-refractivity contribution in [2.45, 2.75) is 38.7 Å². The van der Waals surface area contributed by atoms with E-state index in [1.807, 2.05) is 17.9 Å². The van der Waals surface area contributed by atoms with Gasteiger partial charge in [-0.15, -0.1) is 5.10 Å². The lowest BCUT2D eigenvalue weighted by atomic mass is 9.95. The molecule has 1 aromatic heterocycles. The van der Waals surface area contributed by atoms with Crippen LogP contribution in [0, 0.1) is 12.8 Å². The monoisotopic (exact) mass is 382 g/mol. The molecule has 0 bridgehead atoms. The Morgan fingerprint density at radius 2 is 1.88 bits per heavy atom. The van der Waals surface area contributed by atoms with E-state index >= 15 is 0 Å². The third-order valence-corrected chi connectivity index (χ3v) is 6.33. The van der Waals surface area contributed by atoms with Crippen molar-refractivity contribution in [3.05, 3.63) is 17.8 Å². The summed E-state index contributed by atoms with van der Waals surface area (Å²) >= 11 is 0. The Kier molecular flexibility index (Phi) is 5.76. The van der Waals surface area contributed by atoms with Gasteiger partial charge in [0.05, 0.1) is 18.5 Å². The lowest BCUT2D eigenvalue weighted by Crippen LogP contribution is -2.49. The van der Waals surface area contributed by atoms with Gasteiger partial charge in [0.25, 0.3) is 0 Å². The summed E-state index contributed by atoms with van der Waals surface area (Å²) in [5.41, 5.74) is 0.832. The third kappa shape index (κ3) is 4.70. The number of carbonyl (C=O) groups excluding carboxylic acids is 1. The number of rotatable bonds is 4. The standard InChI is InChI=1S/C17H26N4O4S/c1-13-5-6-16(19-18-13)25-15-4-3-9-20(12-15)17(22)14-7-10-21(11-8-14)26(2,23)24/h5-6,14-15H,3-4,7-12H2,1-2H3. The molecule has 2 aliphatic heterocycles. The van der Waals surface area contributed by atoms with Gasteiger partial charge in [-0.3, -0.25) is 4.79 Å². The van der Waals surface area contributed by atoms with E-state index in [0.717, 1.165) is 25.1 Å². The molecule has 0 saturated carbocycles. The lowest BCUT2D eigenvalue weighted by Gasteiger charge is -2.37. The molecule has 1 atom stereocenters. The van der Waals surface area contributed by atoms with Crippen LogP contribution in [0.3, 0.4) is 0 Å². The largest absolute Gasteiger partial charge is 0.471 e. The molecule has 1 aromatic rings. The summed E-state index contributed by atoms with van der Waals surface area (Å²) in [6.07, 6.45) is 4.06. The molecule has 0 radical (unpaired) electrons. The van der Waals surface area contributed by atoms with Crippen LogP contribution < -0.4 is 4.74 Å². The van der Waals surface area contributed by atoms with Crippen LogP contribution in [0.25, 0.3) is 0 Å². The van der Waals surface area contributed by atoms with Gasteiger partial charge < -0.3 is 9.64 Å². The van der Waals surface area contributed by atoms with E-state index in [1.165, 1.54) is 10.6 Å². The number of hydrogen-bond acceptors (Lipinski definition) is 6. The fourth-order valence-corrected chi connectivity index (χ4v) is 4.42. The van der Waals surface area contributed by atoms with Crippen LogP contribution >= 0.6 is 0 Å². The maximum absolute atomic E-state index is 12.8. The predicted octanol–water partition coefficient (Wildman–Crippen LogP) is 0.826. The second-order valence-corrected chi connectivity index (χ2v) is 9.10. The van der Waals surface area contributed by atoms with E-state index in [1.54, 1.807) is 6.07 Å². The molecule has 3 heterocycles. The fraction of sp³-hybridized carbons (Fsp3) is 0.706. The molecule has 2 saturated heterocycles. The Hall–Kier alpha value is -1.74. The lowest BCUT2D eigenvalue weighted by molar-refractivity contribution is -0.139. The van der Waals surface area contributed by atoms with Gasteiger partial charge in [-0.2, -0.15) is 5.10 Å². The van der Waals surface area contributed by atoms with Gasteiger partial charge in [0.1, 0.15) is 6.10 Å². The van der Waals surface area contributed by atoms with E-state index in [-0.39, 0.29) is 17.9 Å². The molecule has 9 heteroatoms. The molecule has 2 aliphatic rings. The zero-order valence-corrected chi connectivity index (χ0v) is 16.1. The number of hydrogen-bond donors (Lipinski definition) is 0. The number of piperidine rings is 2. The van der Waals surface area contributed by atoms with Crippen LogP contribution in [-0.2, 0) is 14.8 Å². The van der Waals surface area contributed by atoms with Crippen molar-refractivity contribution in [1.82, 2.24) is 19.4 Å². The maximum Gasteiger partial charge on any atom is 0.233 e. The second-order valence-electron chi connectivity index (χ2n) is 7.12. The summed E-state index contributed by atoms with van der Waals surface area (Å²) in [6.45, 7) is 3.97. The highest BCUT2D eigenvalue weighted by atomic mass is 32.2. The smallest absolute Gasteiger partial charge is 0.233 e. The van der Waals surface area contributed by atoms with Crippen LogP contribution in [0.1, 0.15) is 31.4 Å². The Bertz CT molecular complexity index is 730. The molecular formula is C17H26N4O4S. The van der Waals surface area contributed by atoms with E-state index in [9.17, 15) is 13.2 Å². The average Bonchev–Trinajstić information content (AvgIpc) is 2.63. The number of aryl methyl sites for hydroxylation is 1. The summed E-state index contributed by atoms with van der Waals surface area (Å²) < 4.78 is 30.5. The Labute approximate surface area is 154 Å². The average molecular weight is 382 g/mol. The second kappa shape index (κ2) is 7.87. The van der Waals surface area contributed by atoms with Crippen LogP contribution in [-0.4, -0.2) is 72.3 Å². The number of carbonyl (C=O) groups is 1. The SMILES string of the molecule is Cc1ccc(OC2CCCN(C(=O)C3CCN(S(C)(=O)=O)CC3)C2)nn1. The molecular weight excluding hydrogens is 356 g/mol. The number of ether oxygens (including phenoxy) is 1. The quantitative estimate of drug-likeness (QED) is 0.766. The molecule has 0 spiro atoms. The molecule has 2 fully saturated rings. The van der Waals surface area contributed by atoms with Crippen LogP contribution in [0.15, 0.2) is 12.1 Å². The van der Waals surface area contributed by atoms with Crippen molar-refractivity contribution in [3.63, 3.8) is 0 Å². The number of nitrogens with zero attached hydrogens (tertiary/aromatic N) is 4. The first-order valence-corrected chi connectivity index (χ1v) is 10.9. The molecule has 1 amide bonds. The molecule has 0 N–H and O–H groups in total. The van der Waals surface area contributed by atoms with Gasteiger partial charge >= 0.3 is 0 Å². The van der Waals surface area contributed by atoms with Crippen molar-refractivity contribution in [1.29, 1.82) is 0 Å². The molecule has 26 heavy (non-hydrogen) atoms. The molecule has 8 nitrogen and oxygen atoms in total. The first kappa shape index (κ1) is 19.0. The minimum Gasteiger partial charge on any atom is -0.471 e. The predicted molar refractivity (Wildman–Crippen MR) is 96.1 cm³/mol. The van der Waals surface area contributed by atoms with Gasteiger partial charge in [-0.1, -0.05) is 0 Å². The minimum absolute atomic E-state index is 0.0826. The van der Waals surface area contributed by atoms with E-state index < -0.39 is 10.0 Å². The number of amides is 1. The van der Waals surface area contributed by atoms with Gasteiger partial charge in [0.2, 0.25) is 21.8 Å². The Balaban J connectivity index is 1.54. The molecule has 144 valence electrons. The summed E-state index contributed by atoms with van der Waals surface area (Å²) in [5, 5.41) is 8.02. The number of aromatic nitrogens is 2. The van der Waals surface area contributed by atoms with E-state index in [2.05, 4.69) is 10.2 Å². The molecule has 3 rings (SSSR count). The van der Waals surface area contributed by atoms with Gasteiger partial charge in [-0.05, 0) is 38.7 Å². The van der Waals surface area contributed by atoms with Gasteiger partial charge in [0, 0.05) is 31.6 Å². The highest BCUT2D eigenvalue weighted by molar-refractivity contribution is 7.88. The number of likely N-dealkylation sites (tertiary alicyclic amines) is 1. The summed E-state index contributed by atoms with van der Waals surface area (Å²) in [6, 6.07) is 3.65. The van der Waals surface area contributed by atoms with Crippen molar-refractivity contribution < 1.29 is 17.9 Å². The van der Waals surface area contributed by atoms with E-state index in [4.69, 9.17) is 4.74 Å². The summed E-state index contributed by atoms with van der Waals surface area (Å²) in [5.74, 6) is 0.490. The third-order valence-electron chi connectivity index (χ3n) is 5.02. The van der Waals surface area contributed by atoms with Gasteiger partial charge in [0.15, 0.2) is 0 Å². The normalized spacial score (nSPS) is 23.0. The zero-order valence-electron chi connectivity index (χ0n) is 15.3. The zero-order chi connectivity index (χ0) is 18.7. The highest BCUT2D eigenvalue weighted by Gasteiger charge is 2.33. The summed E-state index contributed by atoms with van der Waals surface area (Å²) in [7, 11) is -3.17. The fourth-order valence-electron chi connectivity index (χ4n) is 3.55. The van der Waals surface area contributed by atoms with E-state index in [0.29, 0.717) is 38.4 Å². The maximum atomic E-state index is 12.8. The molecule has 1 unspecified atom stereocenters. The van der Waals surface area contributed by atoms with Crippen molar-refractivity contribution in [2.24, 2.45) is 5.92 Å². The van der Waals surface area contributed by atoms with Gasteiger partial charge in [-0.25, -0.2) is 12.7 Å². The number of sulfonamides is 1. The molecule has 0 aliphatic carbocycles. The highest BCUT2D eigenvalue weighted by Crippen LogP contribution is 2.24. The van der Waals surface area contributed by atoms with Crippen LogP contribution in [0.5, 0.6) is 5.88 Å². The Morgan fingerprint density at radius 3 is 2.50 bits per heavy atom. The first-order chi connectivity index (χ1) is 12.3. The topological polar surface area (TPSA) is 92.7 Å². The van der Waals surface area contributed by atoms with Crippen LogP contribution in [0.4, 0.5) is 0 Å². The first-order valence-electron chi connectivity index (χ1n) is 9.04. The summed E-state index contributed by atoms with van der Waals surface area (Å²) in [4.78, 5) is 14.7. The van der Waals surface area contributed by atoms with Crippen molar-refractivity contribution >= 4 is 15.9 Å². The Morgan fingerprint density at radius 1 is 1.15 bits per heavy atom. The molecule has 0 aromatic carbocycles. The van der Waals surface area contributed by atoms with Crippen molar-refractivity contribution in [3.8, 4) is 5.88 Å². The van der Waals surface area contributed by atoms with Crippen molar-refractivity contribution in [2.75, 3.05) is 32.4 Å². The van der Waals surface area contributed by atoms with Crippen LogP contribution in [0.2, 0.25) is 0 Å². The minimum atomic E-state index is -3.17.